The van der Waals surface area contributed by atoms with Crippen molar-refractivity contribution in [2.45, 2.75) is 50.2 Å². The van der Waals surface area contributed by atoms with Crippen LogP contribution in [0.5, 0.6) is 0 Å². The fourth-order valence-corrected chi connectivity index (χ4v) is 3.45. The second-order valence-electron chi connectivity index (χ2n) is 6.80. The lowest BCUT2D eigenvalue weighted by atomic mass is 9.89. The number of rotatable bonds is 0. The summed E-state index contributed by atoms with van der Waals surface area (Å²) in [6.07, 6.45) is 4.09. The van der Waals surface area contributed by atoms with Crippen LogP contribution < -0.4 is 0 Å². The molecule has 0 aromatic rings. The lowest BCUT2D eigenvalue weighted by molar-refractivity contribution is -0.119. The molecule has 0 aromatic heterocycles. The fraction of sp³-hybridized carbons (Fsp3) is 0.556. The number of hydrogen-bond donors (Lipinski definition) is 2. The maximum atomic E-state index is 12.2. The van der Waals surface area contributed by atoms with Crippen LogP contribution in [0.3, 0.4) is 0 Å². The minimum absolute atomic E-state index is 0.0346. The van der Waals surface area contributed by atoms with Crippen molar-refractivity contribution in [3.63, 3.8) is 0 Å². The quantitative estimate of drug-likeness (QED) is 0.504. The van der Waals surface area contributed by atoms with E-state index >= 15 is 0 Å². The van der Waals surface area contributed by atoms with Crippen LogP contribution in [-0.4, -0.2) is 46.0 Å². The number of carbonyl (C=O) groups is 2. The van der Waals surface area contributed by atoms with Gasteiger partial charge in [-0.15, -0.1) is 11.6 Å². The van der Waals surface area contributed by atoms with Gasteiger partial charge >= 0.3 is 0 Å². The van der Waals surface area contributed by atoms with Crippen molar-refractivity contribution in [2.24, 2.45) is 5.92 Å². The number of carbonyl (C=O) groups excluding carboxylic acids is 2. The van der Waals surface area contributed by atoms with Crippen molar-refractivity contribution in [3.8, 4) is 0 Å². The number of ketones is 2. The molecule has 136 valence electrons. The number of ether oxygens (including phenoxy) is 2. The second-order valence-corrected chi connectivity index (χ2v) is 7.32. The van der Waals surface area contributed by atoms with Crippen molar-refractivity contribution in [1.29, 1.82) is 0 Å². The number of Topliss-reactive ketones (excluding diaryl/α,β-unsaturated/α-hetero) is 2. The van der Waals surface area contributed by atoms with E-state index in [1.165, 1.54) is 6.26 Å². The van der Waals surface area contributed by atoms with Crippen LogP contribution in [0.4, 0.5) is 0 Å². The molecule has 1 aliphatic carbocycles. The third-order valence-corrected chi connectivity index (χ3v) is 5.03. The van der Waals surface area contributed by atoms with Gasteiger partial charge in [-0.1, -0.05) is 6.92 Å². The van der Waals surface area contributed by atoms with Crippen LogP contribution in [0.1, 0.15) is 32.6 Å². The topological polar surface area (TPSA) is 96.4 Å². The molecule has 3 aliphatic rings. The molecule has 1 fully saturated rings. The summed E-state index contributed by atoms with van der Waals surface area (Å²) >= 11 is 5.98. The number of hydrogen-bond acceptors (Lipinski definition) is 6. The maximum Gasteiger partial charge on any atom is 0.197 e. The Morgan fingerprint density at radius 1 is 1.16 bits per heavy atom. The molecule has 3 rings (SSSR count). The summed E-state index contributed by atoms with van der Waals surface area (Å²) in [6, 6.07) is 0. The normalized spacial score (nSPS) is 38.3. The summed E-state index contributed by atoms with van der Waals surface area (Å²) in [5.74, 6) is -1.48. The van der Waals surface area contributed by atoms with Crippen molar-refractivity contribution >= 4 is 23.2 Å². The number of aliphatic hydroxyl groups is 2. The van der Waals surface area contributed by atoms with Crippen LogP contribution in [0.25, 0.3) is 0 Å². The average Bonchev–Trinajstić information content (AvgIpc) is 3.27. The molecule has 0 radical (unpaired) electrons. The molecule has 1 saturated heterocycles. The van der Waals surface area contributed by atoms with Gasteiger partial charge in [-0.3, -0.25) is 9.59 Å². The molecular formula is C18H21ClO6. The number of fused-ring (bicyclic) bond motifs is 2. The molecule has 2 heterocycles. The van der Waals surface area contributed by atoms with Gasteiger partial charge in [0.05, 0.1) is 36.0 Å². The number of halogens is 1. The molecule has 0 bridgehead atoms. The average molecular weight is 369 g/mol. The van der Waals surface area contributed by atoms with Crippen LogP contribution in [0.2, 0.25) is 0 Å². The standard InChI is InChI=1S/C18H21ClO6/c1-9-4-14(21)15(22)6-10-11(13(20)7-12(19)18(10)23)8-24-3-2-16-17(5-9)25-16/h6,8-9,12,16-17,22-23H,2-5,7H2,1H3/b11-8+,15-6-/t9-,12?,16+,17+/m0/s1. The van der Waals surface area contributed by atoms with E-state index < -0.39 is 16.9 Å². The second kappa shape index (κ2) is 7.22. The molecule has 0 spiro atoms. The van der Waals surface area contributed by atoms with Gasteiger partial charge in [0.1, 0.15) is 5.76 Å². The van der Waals surface area contributed by atoms with Crippen molar-refractivity contribution in [2.75, 3.05) is 6.61 Å². The monoisotopic (exact) mass is 368 g/mol. The van der Waals surface area contributed by atoms with Crippen LogP contribution in [0.15, 0.2) is 35.0 Å². The van der Waals surface area contributed by atoms with Crippen molar-refractivity contribution < 1.29 is 29.3 Å². The predicted octanol–water partition coefficient (Wildman–Crippen LogP) is 2.88. The molecule has 0 aromatic carbocycles. The number of allylic oxidation sites excluding steroid dienone is 5. The van der Waals surface area contributed by atoms with E-state index in [0.29, 0.717) is 13.0 Å². The third-order valence-electron chi connectivity index (χ3n) is 4.67. The Morgan fingerprint density at radius 2 is 1.92 bits per heavy atom. The van der Waals surface area contributed by atoms with Crippen molar-refractivity contribution in [1.82, 2.24) is 0 Å². The largest absolute Gasteiger partial charge is 0.510 e. The summed E-state index contributed by atoms with van der Waals surface area (Å²) in [4.78, 5) is 24.5. The van der Waals surface area contributed by atoms with E-state index in [2.05, 4.69) is 0 Å². The van der Waals surface area contributed by atoms with Gasteiger partial charge in [0.25, 0.3) is 0 Å². The summed E-state index contributed by atoms with van der Waals surface area (Å²) in [5, 5.41) is 19.4. The molecule has 0 amide bonds. The van der Waals surface area contributed by atoms with Crippen LogP contribution >= 0.6 is 11.6 Å². The Kier molecular flexibility index (Phi) is 5.20. The van der Waals surface area contributed by atoms with Gasteiger partial charge < -0.3 is 19.7 Å². The molecule has 2 aliphatic heterocycles. The van der Waals surface area contributed by atoms with Gasteiger partial charge in [-0.2, -0.15) is 0 Å². The zero-order valence-electron chi connectivity index (χ0n) is 13.9. The Bertz CT molecular complexity index is 677. The first-order valence-electron chi connectivity index (χ1n) is 8.38. The smallest absolute Gasteiger partial charge is 0.197 e. The van der Waals surface area contributed by atoms with E-state index in [0.717, 1.165) is 12.5 Å². The highest BCUT2D eigenvalue weighted by Gasteiger charge is 2.39. The summed E-state index contributed by atoms with van der Waals surface area (Å²) in [6.45, 7) is 2.30. The maximum absolute atomic E-state index is 12.2. The van der Waals surface area contributed by atoms with E-state index in [-0.39, 0.29) is 53.7 Å². The first-order chi connectivity index (χ1) is 11.9. The molecule has 4 atom stereocenters. The van der Waals surface area contributed by atoms with E-state index in [1.807, 2.05) is 6.92 Å². The van der Waals surface area contributed by atoms with Gasteiger partial charge in [0.2, 0.25) is 0 Å². The SMILES string of the molecule is C[C@H]1CC(=O)/C(O)=C/C2=C(O)C(Cl)CC(=O)/C2=C/OCC[C@H]2O[C@@H]2C1. The minimum atomic E-state index is -0.891. The zero-order valence-corrected chi connectivity index (χ0v) is 14.7. The molecule has 25 heavy (non-hydrogen) atoms. The molecular weight excluding hydrogens is 348 g/mol. The number of alkyl halides is 1. The van der Waals surface area contributed by atoms with Crippen LogP contribution in [-0.2, 0) is 19.1 Å². The van der Waals surface area contributed by atoms with E-state index in [9.17, 15) is 19.8 Å². The molecule has 1 unspecified atom stereocenters. The molecule has 7 heteroatoms. The van der Waals surface area contributed by atoms with Gasteiger partial charge in [-0.25, -0.2) is 0 Å². The van der Waals surface area contributed by atoms with E-state index in [1.54, 1.807) is 0 Å². The Labute approximate surface area is 150 Å². The lowest BCUT2D eigenvalue weighted by Crippen LogP contribution is -2.23. The highest BCUT2D eigenvalue weighted by atomic mass is 35.5. The van der Waals surface area contributed by atoms with Crippen molar-refractivity contribution in [3.05, 3.63) is 35.0 Å². The molecule has 0 saturated carbocycles. The number of epoxide rings is 1. The first-order valence-corrected chi connectivity index (χ1v) is 8.82. The first kappa shape index (κ1) is 18.0. The lowest BCUT2D eigenvalue weighted by Gasteiger charge is -2.20. The summed E-state index contributed by atoms with van der Waals surface area (Å²) in [5.41, 5.74) is 0.138. The number of aliphatic hydroxyl groups excluding tert-OH is 2. The fourth-order valence-electron chi connectivity index (χ4n) is 3.19. The van der Waals surface area contributed by atoms with Gasteiger partial charge in [-0.05, 0) is 18.4 Å². The highest BCUT2D eigenvalue weighted by molar-refractivity contribution is 6.25. The minimum Gasteiger partial charge on any atom is -0.510 e. The van der Waals surface area contributed by atoms with Crippen LogP contribution in [0, 0.1) is 5.92 Å². The van der Waals surface area contributed by atoms with Gasteiger partial charge in [0.15, 0.2) is 17.3 Å². The summed E-state index contributed by atoms with van der Waals surface area (Å²) < 4.78 is 11.0. The molecule has 2 N–H and O–H groups in total. The van der Waals surface area contributed by atoms with Gasteiger partial charge in [0, 0.05) is 24.8 Å². The Hall–Kier alpha value is -1.79. The molecule has 6 nitrogen and oxygen atoms in total. The Morgan fingerprint density at radius 3 is 2.68 bits per heavy atom. The third kappa shape index (κ3) is 4.07. The predicted molar refractivity (Wildman–Crippen MR) is 90.3 cm³/mol. The Balaban J connectivity index is 1.94. The van der Waals surface area contributed by atoms with E-state index in [4.69, 9.17) is 21.1 Å². The zero-order chi connectivity index (χ0) is 18.1. The summed E-state index contributed by atoms with van der Waals surface area (Å²) in [7, 11) is 0. The highest BCUT2D eigenvalue weighted by Crippen LogP contribution is 2.34.